The van der Waals surface area contributed by atoms with E-state index in [-0.39, 0.29) is 11.9 Å². The van der Waals surface area contributed by atoms with E-state index in [1.807, 2.05) is 43.3 Å². The van der Waals surface area contributed by atoms with Crippen LogP contribution in [-0.2, 0) is 12.8 Å². The van der Waals surface area contributed by atoms with Gasteiger partial charge in [-0.1, -0.05) is 23.7 Å². The molecule has 1 aromatic heterocycles. The van der Waals surface area contributed by atoms with Crippen molar-refractivity contribution in [1.82, 2.24) is 10.3 Å². The lowest BCUT2D eigenvalue weighted by Gasteiger charge is -2.21. The van der Waals surface area contributed by atoms with Gasteiger partial charge in [0.15, 0.2) is 11.5 Å². The Bertz CT molecular complexity index is 1140. The highest BCUT2D eigenvalue weighted by Gasteiger charge is 2.19. The zero-order valence-electron chi connectivity index (χ0n) is 16.8. The van der Waals surface area contributed by atoms with Gasteiger partial charge >= 0.3 is 0 Å². The van der Waals surface area contributed by atoms with E-state index in [1.54, 1.807) is 0 Å². The van der Waals surface area contributed by atoms with Gasteiger partial charge in [0, 0.05) is 16.6 Å². The number of aromatic nitrogens is 1. The Morgan fingerprint density at radius 3 is 2.73 bits per heavy atom. The van der Waals surface area contributed by atoms with Crippen LogP contribution >= 0.6 is 11.6 Å². The number of ether oxygens (including phenoxy) is 2. The second kappa shape index (κ2) is 7.80. The minimum absolute atomic E-state index is 0.144. The molecule has 0 radical (unpaired) electrons. The maximum atomic E-state index is 12.9. The Labute approximate surface area is 180 Å². The van der Waals surface area contributed by atoms with Crippen LogP contribution in [0.2, 0.25) is 5.02 Å². The van der Waals surface area contributed by atoms with Gasteiger partial charge in [-0.15, -0.1) is 0 Å². The summed E-state index contributed by atoms with van der Waals surface area (Å²) in [6, 6.07) is 11.1. The van der Waals surface area contributed by atoms with Gasteiger partial charge in [0.1, 0.15) is 13.2 Å². The number of amides is 1. The molecule has 154 valence electrons. The Balaban J connectivity index is 1.39. The fraction of sp³-hybridized carbons (Fsp3) is 0.333. The van der Waals surface area contributed by atoms with Gasteiger partial charge in [-0.2, -0.15) is 0 Å². The monoisotopic (exact) mass is 422 g/mol. The standard InChI is InChI=1S/C24H23ClN2O3/c1-14(15-7-9-21-22(13-15)30-11-10-29-21)26-24(28)16-6-8-18-20(12-16)27-19-5-3-2-4-17(19)23(18)25/h6-9,12-14H,2-5,10-11H2,1H3,(H,26,28). The fourth-order valence-corrected chi connectivity index (χ4v) is 4.56. The van der Waals surface area contributed by atoms with Gasteiger partial charge in [-0.3, -0.25) is 9.78 Å². The summed E-state index contributed by atoms with van der Waals surface area (Å²) >= 11 is 6.65. The summed E-state index contributed by atoms with van der Waals surface area (Å²) in [6.07, 6.45) is 4.21. The molecule has 1 aliphatic carbocycles. The van der Waals surface area contributed by atoms with Gasteiger partial charge in [-0.05, 0) is 68.0 Å². The lowest BCUT2D eigenvalue weighted by molar-refractivity contribution is 0.0940. The largest absolute Gasteiger partial charge is 0.486 e. The molecule has 0 saturated carbocycles. The van der Waals surface area contributed by atoms with E-state index in [0.717, 1.165) is 58.6 Å². The van der Waals surface area contributed by atoms with Gasteiger partial charge in [0.05, 0.1) is 16.6 Å². The number of hydrogen-bond acceptors (Lipinski definition) is 4. The third-order valence-corrected chi connectivity index (χ3v) is 6.30. The van der Waals surface area contributed by atoms with Crippen molar-refractivity contribution in [2.75, 3.05) is 13.2 Å². The zero-order valence-corrected chi connectivity index (χ0v) is 17.6. The van der Waals surface area contributed by atoms with Crippen LogP contribution < -0.4 is 14.8 Å². The summed E-state index contributed by atoms with van der Waals surface area (Å²) < 4.78 is 11.2. The molecular weight excluding hydrogens is 400 g/mol. The first-order valence-corrected chi connectivity index (χ1v) is 10.8. The van der Waals surface area contributed by atoms with Gasteiger partial charge in [0.25, 0.3) is 5.91 Å². The molecule has 2 aromatic carbocycles. The molecule has 0 bridgehead atoms. The highest BCUT2D eigenvalue weighted by molar-refractivity contribution is 6.36. The average Bonchev–Trinajstić information content (AvgIpc) is 2.78. The number of hydrogen-bond donors (Lipinski definition) is 1. The number of carbonyl (C=O) groups excluding carboxylic acids is 1. The van der Waals surface area contributed by atoms with E-state index in [0.29, 0.717) is 24.5 Å². The molecule has 30 heavy (non-hydrogen) atoms. The SMILES string of the molecule is CC(NC(=O)c1ccc2c(Cl)c3c(nc2c1)CCCC3)c1ccc2c(c1)OCCO2. The van der Waals surface area contributed by atoms with E-state index in [9.17, 15) is 4.79 Å². The molecule has 1 atom stereocenters. The molecule has 1 amide bonds. The molecular formula is C24H23ClN2O3. The molecule has 1 unspecified atom stereocenters. The molecule has 1 aliphatic heterocycles. The molecule has 5 rings (SSSR count). The van der Waals surface area contributed by atoms with Crippen LogP contribution in [0.15, 0.2) is 36.4 Å². The van der Waals surface area contributed by atoms with Crippen molar-refractivity contribution in [3.05, 3.63) is 63.8 Å². The van der Waals surface area contributed by atoms with Crippen LogP contribution in [0.5, 0.6) is 11.5 Å². The van der Waals surface area contributed by atoms with Crippen molar-refractivity contribution in [2.24, 2.45) is 0 Å². The Kier molecular flexibility index (Phi) is 4.99. The zero-order chi connectivity index (χ0) is 20.7. The van der Waals surface area contributed by atoms with E-state index in [2.05, 4.69) is 5.32 Å². The topological polar surface area (TPSA) is 60.5 Å². The van der Waals surface area contributed by atoms with E-state index < -0.39 is 0 Å². The molecule has 2 aliphatic rings. The molecule has 3 aromatic rings. The predicted octanol–water partition coefficient (Wildman–Crippen LogP) is 5.03. The second-order valence-electron chi connectivity index (χ2n) is 7.89. The quantitative estimate of drug-likeness (QED) is 0.643. The minimum Gasteiger partial charge on any atom is -0.486 e. The number of fused-ring (bicyclic) bond motifs is 3. The molecule has 0 fully saturated rings. The Hall–Kier alpha value is -2.79. The van der Waals surface area contributed by atoms with Crippen molar-refractivity contribution >= 4 is 28.4 Å². The smallest absolute Gasteiger partial charge is 0.251 e. The van der Waals surface area contributed by atoms with E-state index >= 15 is 0 Å². The Morgan fingerprint density at radius 2 is 1.87 bits per heavy atom. The molecule has 5 nitrogen and oxygen atoms in total. The molecule has 0 spiro atoms. The van der Waals surface area contributed by atoms with Crippen LogP contribution in [0.25, 0.3) is 10.9 Å². The number of halogens is 1. The summed E-state index contributed by atoms with van der Waals surface area (Å²) in [7, 11) is 0. The molecule has 2 heterocycles. The van der Waals surface area contributed by atoms with Crippen molar-refractivity contribution < 1.29 is 14.3 Å². The third kappa shape index (κ3) is 3.47. The average molecular weight is 423 g/mol. The van der Waals surface area contributed by atoms with Crippen LogP contribution in [0.4, 0.5) is 0 Å². The number of aryl methyl sites for hydroxylation is 1. The Morgan fingerprint density at radius 1 is 1.07 bits per heavy atom. The molecule has 6 heteroatoms. The number of benzene rings is 2. The third-order valence-electron chi connectivity index (χ3n) is 5.87. The van der Waals surface area contributed by atoms with Gasteiger partial charge in [-0.25, -0.2) is 0 Å². The highest BCUT2D eigenvalue weighted by atomic mass is 35.5. The fourth-order valence-electron chi connectivity index (χ4n) is 4.20. The lowest BCUT2D eigenvalue weighted by atomic mass is 9.94. The van der Waals surface area contributed by atoms with Crippen molar-refractivity contribution in [1.29, 1.82) is 0 Å². The minimum atomic E-state index is -0.177. The summed E-state index contributed by atoms with van der Waals surface area (Å²) in [5, 5.41) is 4.76. The highest BCUT2D eigenvalue weighted by Crippen LogP contribution is 2.34. The van der Waals surface area contributed by atoms with Crippen molar-refractivity contribution in [3.8, 4) is 11.5 Å². The number of nitrogens with zero attached hydrogens (tertiary/aromatic N) is 1. The van der Waals surface area contributed by atoms with Crippen molar-refractivity contribution in [2.45, 2.75) is 38.6 Å². The number of rotatable bonds is 3. The van der Waals surface area contributed by atoms with E-state index in [4.69, 9.17) is 26.1 Å². The summed E-state index contributed by atoms with van der Waals surface area (Å²) in [4.78, 5) is 17.7. The van der Waals surface area contributed by atoms with Gasteiger partial charge < -0.3 is 14.8 Å². The lowest BCUT2D eigenvalue weighted by Crippen LogP contribution is -2.27. The number of carbonyl (C=O) groups is 1. The molecule has 0 saturated heterocycles. The first kappa shape index (κ1) is 19.2. The first-order valence-electron chi connectivity index (χ1n) is 10.4. The first-order chi connectivity index (χ1) is 14.6. The maximum Gasteiger partial charge on any atom is 0.251 e. The van der Waals surface area contributed by atoms with Crippen molar-refractivity contribution in [3.63, 3.8) is 0 Å². The molecule has 1 N–H and O–H groups in total. The van der Waals surface area contributed by atoms with Crippen LogP contribution in [0.3, 0.4) is 0 Å². The maximum absolute atomic E-state index is 12.9. The van der Waals surface area contributed by atoms with E-state index in [1.165, 1.54) is 5.56 Å². The van der Waals surface area contributed by atoms with Crippen LogP contribution in [0.1, 0.15) is 53.0 Å². The second-order valence-corrected chi connectivity index (χ2v) is 8.27. The van der Waals surface area contributed by atoms with Crippen LogP contribution in [-0.4, -0.2) is 24.1 Å². The van der Waals surface area contributed by atoms with Gasteiger partial charge in [0.2, 0.25) is 0 Å². The predicted molar refractivity (Wildman–Crippen MR) is 117 cm³/mol. The van der Waals surface area contributed by atoms with Crippen LogP contribution in [0, 0.1) is 0 Å². The summed E-state index contributed by atoms with van der Waals surface area (Å²) in [5.41, 5.74) is 4.55. The summed E-state index contributed by atoms with van der Waals surface area (Å²) in [6.45, 7) is 3.05. The number of pyridine rings is 1. The normalized spacial score (nSPS) is 16.1. The summed E-state index contributed by atoms with van der Waals surface area (Å²) in [5.74, 6) is 1.31. The number of nitrogens with one attached hydrogen (secondary N) is 1.